The Morgan fingerprint density at radius 1 is 1.69 bits per heavy atom. The number of nitrogens with zero attached hydrogens (tertiary/aromatic N) is 1. The van der Waals surface area contributed by atoms with E-state index in [0.29, 0.717) is 0 Å². The number of nitriles is 1. The van der Waals surface area contributed by atoms with Crippen LogP contribution in [0.4, 0.5) is 4.39 Å². The van der Waals surface area contributed by atoms with Crippen LogP contribution in [0.25, 0.3) is 0 Å². The quantitative estimate of drug-likeness (QED) is 0.843. The van der Waals surface area contributed by atoms with Crippen molar-refractivity contribution in [2.45, 2.75) is 19.6 Å². The van der Waals surface area contributed by atoms with E-state index in [0.717, 1.165) is 6.07 Å². The Bertz CT molecular complexity index is 439. The number of aliphatic carboxylic acids is 1. The summed E-state index contributed by atoms with van der Waals surface area (Å²) in [4.78, 5) is 10.4. The Hall–Kier alpha value is -1.93. The number of rotatable bonds is 4. The Morgan fingerprint density at radius 2 is 2.38 bits per heavy atom. The molecule has 0 aliphatic carbocycles. The molecule has 0 heterocycles. The van der Waals surface area contributed by atoms with Crippen molar-refractivity contribution >= 4 is 5.97 Å². The van der Waals surface area contributed by atoms with Gasteiger partial charge in [0.1, 0.15) is 5.82 Å². The van der Waals surface area contributed by atoms with Gasteiger partial charge in [-0.05, 0) is 19.1 Å². The molecule has 84 valence electrons. The molecule has 0 fully saturated rings. The van der Waals surface area contributed by atoms with Crippen LogP contribution in [-0.2, 0) is 16.1 Å². The van der Waals surface area contributed by atoms with Gasteiger partial charge >= 0.3 is 5.97 Å². The van der Waals surface area contributed by atoms with Gasteiger partial charge in [0.25, 0.3) is 0 Å². The van der Waals surface area contributed by atoms with Gasteiger partial charge in [-0.1, -0.05) is 6.07 Å². The molecule has 0 radical (unpaired) electrons. The van der Waals surface area contributed by atoms with E-state index < -0.39 is 17.9 Å². The van der Waals surface area contributed by atoms with E-state index in [1.54, 1.807) is 6.07 Å². The molecule has 0 bridgehead atoms. The molecule has 1 atom stereocenters. The normalized spacial score (nSPS) is 11.8. The second kappa shape index (κ2) is 5.24. The summed E-state index contributed by atoms with van der Waals surface area (Å²) in [5.41, 5.74) is 0.444. The first-order valence-electron chi connectivity index (χ1n) is 4.57. The zero-order valence-corrected chi connectivity index (χ0v) is 8.61. The molecule has 16 heavy (non-hydrogen) atoms. The summed E-state index contributed by atoms with van der Waals surface area (Å²) in [6.45, 7) is 1.23. The molecule has 0 aliphatic heterocycles. The molecular weight excluding hydrogens is 213 g/mol. The highest BCUT2D eigenvalue weighted by atomic mass is 19.1. The number of halogens is 1. The van der Waals surface area contributed by atoms with E-state index in [2.05, 4.69) is 0 Å². The molecule has 5 heteroatoms. The molecule has 0 unspecified atom stereocenters. The van der Waals surface area contributed by atoms with Crippen LogP contribution in [0.2, 0.25) is 0 Å². The van der Waals surface area contributed by atoms with Gasteiger partial charge < -0.3 is 9.84 Å². The van der Waals surface area contributed by atoms with E-state index >= 15 is 0 Å². The standard InChI is InChI=1S/C11H10FNO3/c1-7(11(14)15)16-6-9-3-2-8(5-13)4-10(9)12/h2-4,7H,6H2,1H3,(H,14,15)/t7-/m0/s1. The third kappa shape index (κ3) is 3.04. The van der Waals surface area contributed by atoms with Crippen LogP contribution in [0.1, 0.15) is 18.1 Å². The summed E-state index contributed by atoms with van der Waals surface area (Å²) in [6, 6.07) is 5.75. The minimum atomic E-state index is -1.10. The second-order valence-corrected chi connectivity index (χ2v) is 3.21. The zero-order chi connectivity index (χ0) is 12.1. The van der Waals surface area contributed by atoms with Gasteiger partial charge in [-0.25, -0.2) is 9.18 Å². The zero-order valence-electron chi connectivity index (χ0n) is 8.61. The van der Waals surface area contributed by atoms with E-state index in [9.17, 15) is 9.18 Å². The highest BCUT2D eigenvalue weighted by molar-refractivity contribution is 5.71. The highest BCUT2D eigenvalue weighted by Crippen LogP contribution is 2.12. The molecule has 0 spiro atoms. The molecule has 1 rings (SSSR count). The van der Waals surface area contributed by atoms with Crippen LogP contribution < -0.4 is 0 Å². The number of carbonyl (C=O) groups is 1. The van der Waals surface area contributed by atoms with Crippen LogP contribution >= 0.6 is 0 Å². The first-order chi connectivity index (χ1) is 7.54. The Balaban J connectivity index is 2.69. The predicted octanol–water partition coefficient (Wildman–Crippen LogP) is 1.69. The van der Waals surface area contributed by atoms with E-state index in [-0.39, 0.29) is 17.7 Å². The lowest BCUT2D eigenvalue weighted by atomic mass is 10.1. The van der Waals surface area contributed by atoms with Crippen molar-refractivity contribution in [2.75, 3.05) is 0 Å². The lowest BCUT2D eigenvalue weighted by Gasteiger charge is -2.08. The van der Waals surface area contributed by atoms with Crippen LogP contribution in [0.3, 0.4) is 0 Å². The third-order valence-electron chi connectivity index (χ3n) is 2.02. The van der Waals surface area contributed by atoms with E-state index in [1.165, 1.54) is 19.1 Å². The van der Waals surface area contributed by atoms with Crippen molar-refractivity contribution in [3.63, 3.8) is 0 Å². The molecule has 1 N–H and O–H groups in total. The summed E-state index contributed by atoms with van der Waals surface area (Å²) in [7, 11) is 0. The largest absolute Gasteiger partial charge is 0.479 e. The van der Waals surface area contributed by atoms with Gasteiger partial charge in [0.2, 0.25) is 0 Å². The van der Waals surface area contributed by atoms with Crippen molar-refractivity contribution < 1.29 is 19.0 Å². The fourth-order valence-electron chi connectivity index (χ4n) is 1.02. The van der Waals surface area contributed by atoms with Crippen LogP contribution in [-0.4, -0.2) is 17.2 Å². The monoisotopic (exact) mass is 223 g/mol. The van der Waals surface area contributed by atoms with Gasteiger partial charge in [-0.15, -0.1) is 0 Å². The first-order valence-corrected chi connectivity index (χ1v) is 4.57. The van der Waals surface area contributed by atoms with Gasteiger partial charge in [-0.3, -0.25) is 0 Å². The second-order valence-electron chi connectivity index (χ2n) is 3.21. The van der Waals surface area contributed by atoms with E-state index in [4.69, 9.17) is 15.1 Å². The molecule has 0 saturated carbocycles. The Morgan fingerprint density at radius 3 is 2.88 bits per heavy atom. The first kappa shape index (κ1) is 12.1. The summed E-state index contributed by atoms with van der Waals surface area (Å²) in [5.74, 6) is -1.68. The number of ether oxygens (including phenoxy) is 1. The van der Waals surface area contributed by atoms with Crippen LogP contribution in [0.5, 0.6) is 0 Å². The molecular formula is C11H10FNO3. The molecule has 1 aromatic carbocycles. The fourth-order valence-corrected chi connectivity index (χ4v) is 1.02. The SMILES string of the molecule is C[C@H](OCc1ccc(C#N)cc1F)C(=O)O. The van der Waals surface area contributed by atoms with Gasteiger partial charge in [0, 0.05) is 5.56 Å². The third-order valence-corrected chi connectivity index (χ3v) is 2.02. The number of hydrogen-bond acceptors (Lipinski definition) is 3. The highest BCUT2D eigenvalue weighted by Gasteiger charge is 2.12. The number of carboxylic acids is 1. The van der Waals surface area contributed by atoms with Crippen molar-refractivity contribution in [2.24, 2.45) is 0 Å². The summed E-state index contributed by atoms with van der Waals surface area (Å²) in [6.07, 6.45) is -0.991. The van der Waals surface area contributed by atoms with Crippen molar-refractivity contribution in [3.05, 3.63) is 35.1 Å². The molecule has 0 saturated heterocycles. The fraction of sp³-hybridized carbons (Fsp3) is 0.273. The lowest BCUT2D eigenvalue weighted by molar-refractivity contribution is -0.149. The number of carboxylic acid groups (broad SMARTS) is 1. The molecule has 4 nitrogen and oxygen atoms in total. The maximum Gasteiger partial charge on any atom is 0.332 e. The number of hydrogen-bond donors (Lipinski definition) is 1. The maximum absolute atomic E-state index is 13.3. The van der Waals surface area contributed by atoms with Crippen molar-refractivity contribution in [1.82, 2.24) is 0 Å². The minimum absolute atomic E-state index is 0.134. The maximum atomic E-state index is 13.3. The Kier molecular flexibility index (Phi) is 3.97. The smallest absolute Gasteiger partial charge is 0.332 e. The Labute approximate surface area is 91.9 Å². The minimum Gasteiger partial charge on any atom is -0.479 e. The summed E-state index contributed by atoms with van der Waals surface area (Å²) >= 11 is 0. The van der Waals surface area contributed by atoms with Crippen LogP contribution in [0.15, 0.2) is 18.2 Å². The lowest BCUT2D eigenvalue weighted by Crippen LogP contribution is -2.19. The van der Waals surface area contributed by atoms with Crippen LogP contribution in [0, 0.1) is 17.1 Å². The average molecular weight is 223 g/mol. The van der Waals surface area contributed by atoms with Gasteiger partial charge in [0.15, 0.2) is 6.10 Å². The molecule has 0 aliphatic rings. The number of benzene rings is 1. The summed E-state index contributed by atoms with van der Waals surface area (Å²) < 4.78 is 18.2. The topological polar surface area (TPSA) is 70.3 Å². The van der Waals surface area contributed by atoms with Crippen molar-refractivity contribution in [3.8, 4) is 6.07 Å². The average Bonchev–Trinajstić information content (AvgIpc) is 2.26. The molecule has 0 aromatic heterocycles. The van der Waals surface area contributed by atoms with Gasteiger partial charge in [0.05, 0.1) is 18.2 Å². The van der Waals surface area contributed by atoms with Gasteiger partial charge in [-0.2, -0.15) is 5.26 Å². The van der Waals surface area contributed by atoms with Crippen molar-refractivity contribution in [1.29, 1.82) is 5.26 Å². The predicted molar refractivity (Wildman–Crippen MR) is 53.0 cm³/mol. The molecule has 1 aromatic rings. The molecule has 0 amide bonds. The van der Waals surface area contributed by atoms with E-state index in [1.807, 2.05) is 0 Å². The summed E-state index contributed by atoms with van der Waals surface area (Å²) in [5, 5.41) is 17.1.